The van der Waals surface area contributed by atoms with Crippen molar-refractivity contribution in [1.29, 1.82) is 0 Å². The number of nitrogens with zero attached hydrogens (tertiary/aromatic N) is 4. The van der Waals surface area contributed by atoms with Gasteiger partial charge in [-0.1, -0.05) is 6.07 Å². The number of aliphatic imine (C=N–C) groups is 1. The van der Waals surface area contributed by atoms with Crippen LogP contribution in [0, 0.1) is 0 Å². The normalized spacial score (nSPS) is 22.2. The van der Waals surface area contributed by atoms with Gasteiger partial charge < -0.3 is 20.4 Å². The fourth-order valence-corrected chi connectivity index (χ4v) is 4.49. The molecular weight excluding hydrogens is 332 g/mol. The second-order valence-corrected chi connectivity index (χ2v) is 8.13. The smallest absolute Gasteiger partial charge is 0.191 e. The zero-order chi connectivity index (χ0) is 17.5. The van der Waals surface area contributed by atoms with E-state index in [1.807, 2.05) is 19.3 Å². The highest BCUT2D eigenvalue weighted by Gasteiger charge is 2.18. The average molecular weight is 363 g/mol. The highest BCUT2D eigenvalue weighted by Crippen LogP contribution is 2.25. The van der Waals surface area contributed by atoms with Crippen molar-refractivity contribution >= 4 is 23.5 Å². The number of anilines is 1. The lowest BCUT2D eigenvalue weighted by Crippen LogP contribution is -2.45. The number of guanidine groups is 1. The first-order valence-electron chi connectivity index (χ1n) is 9.20. The lowest BCUT2D eigenvalue weighted by Gasteiger charge is -2.34. The molecule has 0 bridgehead atoms. The quantitative estimate of drug-likeness (QED) is 0.610. The summed E-state index contributed by atoms with van der Waals surface area (Å²) in [5.74, 6) is 3.27. The molecule has 0 aromatic carbocycles. The topological polar surface area (TPSA) is 55.8 Å². The van der Waals surface area contributed by atoms with E-state index in [1.54, 1.807) is 0 Å². The Morgan fingerprint density at radius 2 is 2.16 bits per heavy atom. The van der Waals surface area contributed by atoms with Gasteiger partial charge >= 0.3 is 0 Å². The van der Waals surface area contributed by atoms with E-state index in [-0.39, 0.29) is 0 Å². The minimum Gasteiger partial charge on any atom is -0.355 e. The van der Waals surface area contributed by atoms with Gasteiger partial charge in [-0.2, -0.15) is 11.8 Å². The molecule has 0 aliphatic carbocycles. The molecule has 1 atom stereocenters. The fourth-order valence-electron chi connectivity index (χ4n) is 3.29. The first kappa shape index (κ1) is 18.3. The molecule has 1 aromatic heterocycles. The molecule has 138 valence electrons. The molecule has 2 aliphatic rings. The molecule has 1 aromatic rings. The van der Waals surface area contributed by atoms with Gasteiger partial charge in [0.15, 0.2) is 5.96 Å². The Morgan fingerprint density at radius 1 is 1.32 bits per heavy atom. The molecule has 2 saturated heterocycles. The summed E-state index contributed by atoms with van der Waals surface area (Å²) in [6, 6.07) is 4.18. The largest absolute Gasteiger partial charge is 0.355 e. The molecule has 0 saturated carbocycles. The number of nitrogens with one attached hydrogen (secondary N) is 2. The summed E-state index contributed by atoms with van der Waals surface area (Å²) in [5.41, 5.74) is 1.23. The molecule has 2 fully saturated rings. The Kier molecular flexibility index (Phi) is 6.81. The summed E-state index contributed by atoms with van der Waals surface area (Å²) < 4.78 is 0. The minimum absolute atomic E-state index is 0.720. The van der Waals surface area contributed by atoms with Gasteiger partial charge in [0.2, 0.25) is 0 Å². The first-order valence-corrected chi connectivity index (χ1v) is 10.2. The van der Waals surface area contributed by atoms with Crippen molar-refractivity contribution in [1.82, 2.24) is 20.5 Å². The third-order valence-electron chi connectivity index (χ3n) is 4.86. The van der Waals surface area contributed by atoms with Crippen molar-refractivity contribution in [3.05, 3.63) is 23.9 Å². The molecule has 7 heteroatoms. The van der Waals surface area contributed by atoms with E-state index in [9.17, 15) is 0 Å². The van der Waals surface area contributed by atoms with Gasteiger partial charge in [-0.3, -0.25) is 4.99 Å². The van der Waals surface area contributed by atoms with Crippen LogP contribution in [-0.2, 0) is 6.54 Å². The molecule has 3 heterocycles. The highest BCUT2D eigenvalue weighted by atomic mass is 32.2. The number of pyridine rings is 1. The van der Waals surface area contributed by atoms with E-state index >= 15 is 0 Å². The van der Waals surface area contributed by atoms with Crippen LogP contribution in [0.25, 0.3) is 0 Å². The third kappa shape index (κ3) is 5.25. The van der Waals surface area contributed by atoms with Gasteiger partial charge in [0.25, 0.3) is 0 Å². The molecule has 0 amide bonds. The second kappa shape index (κ2) is 9.29. The van der Waals surface area contributed by atoms with Crippen LogP contribution in [0.5, 0.6) is 0 Å². The van der Waals surface area contributed by atoms with Crippen molar-refractivity contribution in [3.8, 4) is 0 Å². The Bertz CT molecular complexity index is 564. The van der Waals surface area contributed by atoms with Crippen LogP contribution in [0.2, 0.25) is 0 Å². The van der Waals surface area contributed by atoms with Crippen LogP contribution in [0.4, 0.5) is 5.82 Å². The SMILES string of the molecule is CN=C(NCc1cccnc1N1CCN(C)CC1)NCC1CCCS1. The summed E-state index contributed by atoms with van der Waals surface area (Å²) in [5, 5.41) is 7.63. The van der Waals surface area contributed by atoms with E-state index in [4.69, 9.17) is 0 Å². The van der Waals surface area contributed by atoms with Crippen molar-refractivity contribution in [2.75, 3.05) is 57.5 Å². The van der Waals surface area contributed by atoms with E-state index < -0.39 is 0 Å². The van der Waals surface area contributed by atoms with Gasteiger partial charge in [-0.15, -0.1) is 0 Å². The number of hydrogen-bond donors (Lipinski definition) is 2. The Hall–Kier alpha value is -1.47. The molecule has 1 unspecified atom stereocenters. The van der Waals surface area contributed by atoms with Crippen LogP contribution in [0.15, 0.2) is 23.3 Å². The molecule has 0 radical (unpaired) electrons. The number of thioether (sulfide) groups is 1. The molecule has 0 spiro atoms. The van der Waals surface area contributed by atoms with Gasteiger partial charge in [-0.05, 0) is 31.7 Å². The summed E-state index contributed by atoms with van der Waals surface area (Å²) in [4.78, 5) is 13.8. The standard InChI is InChI=1S/C18H30N6S/c1-19-18(22-14-16-6-4-12-25-16)21-13-15-5-3-7-20-17(15)24-10-8-23(2)9-11-24/h3,5,7,16H,4,6,8-14H2,1-2H3,(H2,19,21,22). The number of piperazine rings is 1. The monoisotopic (exact) mass is 362 g/mol. The van der Waals surface area contributed by atoms with Gasteiger partial charge in [0.05, 0.1) is 0 Å². The number of hydrogen-bond acceptors (Lipinski definition) is 5. The number of likely N-dealkylation sites (N-methyl/N-ethyl adjacent to an activating group) is 1. The van der Waals surface area contributed by atoms with Crippen LogP contribution >= 0.6 is 11.8 Å². The molecular formula is C18H30N6S. The summed E-state index contributed by atoms with van der Waals surface area (Å²) in [6.45, 7) is 5.98. The minimum atomic E-state index is 0.720. The van der Waals surface area contributed by atoms with E-state index in [2.05, 4.69) is 55.3 Å². The van der Waals surface area contributed by atoms with E-state index in [1.165, 1.54) is 24.2 Å². The number of rotatable bonds is 5. The summed E-state index contributed by atoms with van der Waals surface area (Å²) >= 11 is 2.06. The predicted molar refractivity (Wildman–Crippen MR) is 108 cm³/mol. The third-order valence-corrected chi connectivity index (χ3v) is 6.26. The van der Waals surface area contributed by atoms with Crippen molar-refractivity contribution < 1.29 is 0 Å². The van der Waals surface area contributed by atoms with Crippen LogP contribution in [-0.4, -0.2) is 73.7 Å². The Labute approximate surface area is 155 Å². The molecule has 2 aliphatic heterocycles. The lowest BCUT2D eigenvalue weighted by molar-refractivity contribution is 0.312. The van der Waals surface area contributed by atoms with Crippen LogP contribution in [0.3, 0.4) is 0 Å². The fraction of sp³-hybridized carbons (Fsp3) is 0.667. The van der Waals surface area contributed by atoms with Gasteiger partial charge in [0.1, 0.15) is 5.82 Å². The van der Waals surface area contributed by atoms with Crippen LogP contribution in [0.1, 0.15) is 18.4 Å². The van der Waals surface area contributed by atoms with Crippen molar-refractivity contribution in [3.63, 3.8) is 0 Å². The lowest BCUT2D eigenvalue weighted by atomic mass is 10.2. The van der Waals surface area contributed by atoms with Crippen LogP contribution < -0.4 is 15.5 Å². The van der Waals surface area contributed by atoms with E-state index in [0.717, 1.165) is 56.3 Å². The van der Waals surface area contributed by atoms with Gasteiger partial charge in [0, 0.05) is 63.3 Å². The first-order chi connectivity index (χ1) is 12.3. The maximum Gasteiger partial charge on any atom is 0.191 e. The highest BCUT2D eigenvalue weighted by molar-refractivity contribution is 8.00. The summed E-state index contributed by atoms with van der Waals surface area (Å²) in [7, 11) is 4.01. The average Bonchev–Trinajstić information content (AvgIpc) is 3.16. The maximum absolute atomic E-state index is 4.64. The zero-order valence-corrected chi connectivity index (χ0v) is 16.2. The zero-order valence-electron chi connectivity index (χ0n) is 15.4. The summed E-state index contributed by atoms with van der Waals surface area (Å²) in [6.07, 6.45) is 4.54. The Morgan fingerprint density at radius 3 is 2.88 bits per heavy atom. The second-order valence-electron chi connectivity index (χ2n) is 6.72. The molecule has 25 heavy (non-hydrogen) atoms. The Balaban J connectivity index is 1.54. The maximum atomic E-state index is 4.64. The molecule has 2 N–H and O–H groups in total. The number of aromatic nitrogens is 1. The van der Waals surface area contributed by atoms with Gasteiger partial charge in [-0.25, -0.2) is 4.98 Å². The van der Waals surface area contributed by atoms with Crippen molar-refractivity contribution in [2.24, 2.45) is 4.99 Å². The molecule has 6 nitrogen and oxygen atoms in total. The molecule has 3 rings (SSSR count). The van der Waals surface area contributed by atoms with Crippen molar-refractivity contribution in [2.45, 2.75) is 24.6 Å². The van der Waals surface area contributed by atoms with E-state index in [0.29, 0.717) is 0 Å². The predicted octanol–water partition coefficient (Wildman–Crippen LogP) is 1.39.